The number of carbonyl (C=O) groups is 7. The summed E-state index contributed by atoms with van der Waals surface area (Å²) in [4.78, 5) is 89.7. The summed E-state index contributed by atoms with van der Waals surface area (Å²) < 4.78 is 86.9. The standard InChI is InChI=1S/C49H82N2O36S2.C16H22N2O9/c50-12(42(71)72)7-88-9-20-40-24(59)23(58)14(75-20)1-11-15(2-52)76-44(30(65)22(11)57)82-36-16(3-53)80-48(34(69)27(36)62)87-41-21(10-89-8-13(51)43(73)74)81-49(35(70)29(41)64)85-39-19(6-56)78-46(32(67)26(39)61)83-37-17(4-54)77-45(31(66)25(37)60)84-38-18(5-55)79-47(86-40)33(68)28(38)63;19-12-2-3-13(20)17(12)26-8-1-7-24-10-11-25-9-6-16(23)27-18-14(21)4-5-15(18)22/h11-41,44-49,52-70H,1-10,50-51H2,(H,71,72)(H,73,74);1-11H2/t11-,12-,13-,14-,15?,16?,17?,18?,19?,20?,21?,22?,23-,24?,25?,26?,27-,28-,29-,30+,31+,32+,33?,34?,35?,36-,37-,38-,39-,40-,41-,44-,45-,46-,47-,48-,49-;/m1./s1. The van der Waals surface area contributed by atoms with E-state index < -0.39 is 296 Å². The number of hydrogen-bond acceptors (Lipinski definition) is 47. The Kier molecular flexibility index (Phi) is 36.6. The van der Waals surface area contributed by atoms with Crippen molar-refractivity contribution < 1.29 is 222 Å². The van der Waals surface area contributed by atoms with Gasteiger partial charge in [-0.2, -0.15) is 28.6 Å². The molecule has 23 rings (SSSR count). The Morgan fingerprint density at radius 2 is 0.672 bits per heavy atom. The van der Waals surface area contributed by atoms with Crippen molar-refractivity contribution in [1.82, 2.24) is 10.1 Å². The van der Waals surface area contributed by atoms with Gasteiger partial charge in [0.15, 0.2) is 37.7 Å². The molecule has 25 N–H and O–H groups in total. The van der Waals surface area contributed by atoms with E-state index in [2.05, 4.69) is 4.84 Å². The van der Waals surface area contributed by atoms with Gasteiger partial charge in [0.25, 0.3) is 23.6 Å². The summed E-state index contributed by atoms with van der Waals surface area (Å²) in [7, 11) is 0. The Hall–Kier alpha value is -4.09. The summed E-state index contributed by atoms with van der Waals surface area (Å²) >= 11 is 1.66. The summed E-state index contributed by atoms with van der Waals surface area (Å²) in [5, 5.41) is 235. The number of carboxylic acids is 2. The molecule has 23 aliphatic rings. The fraction of sp³-hybridized carbons (Fsp3) is 0.892. The van der Waals surface area contributed by atoms with Crippen LogP contribution in [0.1, 0.15) is 44.9 Å². The highest BCUT2D eigenvalue weighted by Gasteiger charge is 2.60. The second kappa shape index (κ2) is 44.3. The van der Waals surface area contributed by atoms with Crippen molar-refractivity contribution in [1.29, 1.82) is 0 Å². The number of hydrogen-bond donors (Lipinski definition) is 23. The van der Waals surface area contributed by atoms with Crippen LogP contribution < -0.4 is 11.5 Å². The number of nitrogens with zero attached hydrogens (tertiary/aromatic N) is 2. The normalized spacial score (nSPS) is 42.5. The molecule has 23 saturated heterocycles. The minimum Gasteiger partial charge on any atom is -0.480 e. The van der Waals surface area contributed by atoms with Crippen LogP contribution in [0.25, 0.3) is 0 Å². The monoisotopic (exact) mass is 1720 g/mol. The van der Waals surface area contributed by atoms with Gasteiger partial charge < -0.3 is 195 Å². The fourth-order valence-electron chi connectivity index (χ4n) is 14.0. The van der Waals surface area contributed by atoms with E-state index in [1.807, 2.05) is 0 Å². The Morgan fingerprint density at radius 1 is 0.371 bits per heavy atom. The molecular weight excluding hydrogens is 1620 g/mol. The number of ether oxygens (including phenoxy) is 15. The van der Waals surface area contributed by atoms with Gasteiger partial charge in [0.05, 0.1) is 96.4 Å². The number of carbonyl (C=O) groups excluding carboxylic acids is 5. The van der Waals surface area contributed by atoms with Crippen LogP contribution in [0.2, 0.25) is 0 Å². The Balaban J connectivity index is 0.000000480. The van der Waals surface area contributed by atoms with Crippen LogP contribution in [0.4, 0.5) is 0 Å². The summed E-state index contributed by atoms with van der Waals surface area (Å²) in [6.07, 6.45) is -67.0. The van der Waals surface area contributed by atoms with Gasteiger partial charge in [-0.3, -0.25) is 33.6 Å². The van der Waals surface area contributed by atoms with Crippen LogP contribution in [0.5, 0.6) is 0 Å². The highest BCUT2D eigenvalue weighted by atomic mass is 32.2. The number of hydroxylamine groups is 4. The molecule has 37 atom stereocenters. The topological polar surface area (TPSA) is 760 Å². The van der Waals surface area contributed by atoms with Crippen molar-refractivity contribution in [3.63, 3.8) is 0 Å². The molecule has 4 amide bonds. The SMILES string of the molecule is N[C@H](CSCC1O[C@@H]2C[C@@H]3C(CO)O[C@H](O[C@@H]4C(CO)O[C@H](O[C@@H]5C(CSC[C@@H](N)C(=O)O)O[C@H](O[C@@H]6C(CO)O[C@H](O[C@@H]7C(CO)O[C@H](O[C@@H]8C(CO)O[C@H](O[C@H]1C(O)[C@@H]2O)C(O)[C@H]8O)[C@@H](O)C7O)[C@@H](O)C6O)C(O)[C@H]5O)C(O)[C@H]4O)[C@@H](O)C3O)C(=O)O.O=C(CCOCCOCCCON1C(=O)CCC1=O)ON1C(=O)CCC1=O. The lowest BCUT2D eigenvalue weighted by Gasteiger charge is -2.50. The highest BCUT2D eigenvalue weighted by molar-refractivity contribution is 7.99. The molecule has 0 aromatic heterocycles. The second-order valence-corrected chi connectivity index (χ2v) is 30.7. The number of imide groups is 2. The first-order valence-corrected chi connectivity index (χ1v) is 39.4. The smallest absolute Gasteiger partial charge is 0.335 e. The van der Waals surface area contributed by atoms with E-state index >= 15 is 0 Å². The molecule has 666 valence electrons. The number of aliphatic hydroxyl groups excluding tert-OH is 19. The zero-order valence-electron chi connectivity index (χ0n) is 61.8. The predicted octanol–water partition coefficient (Wildman–Crippen LogP) is -14.8. The van der Waals surface area contributed by atoms with E-state index in [4.69, 9.17) is 87.4 Å². The molecule has 49 nitrogen and oxygen atoms in total. The van der Waals surface area contributed by atoms with Gasteiger partial charge in [-0.1, -0.05) is 0 Å². The second-order valence-electron chi connectivity index (χ2n) is 28.5. The van der Waals surface area contributed by atoms with Crippen molar-refractivity contribution in [2.45, 2.75) is 266 Å². The Morgan fingerprint density at radius 3 is 1.03 bits per heavy atom. The third-order valence-corrected chi connectivity index (χ3v) is 22.8. The number of aliphatic hydroxyl groups is 19. The Bertz CT molecular complexity index is 3090. The summed E-state index contributed by atoms with van der Waals surface area (Å²) in [6, 6.07) is -2.90. The number of amides is 4. The lowest BCUT2D eigenvalue weighted by atomic mass is 9.81. The number of thioether (sulfide) groups is 2. The maximum absolute atomic E-state index is 11.8. The molecule has 23 heterocycles. The zero-order chi connectivity index (χ0) is 84.8. The number of aliphatic carboxylic acids is 2. The molecule has 116 heavy (non-hydrogen) atoms. The molecule has 14 bridgehead atoms. The van der Waals surface area contributed by atoms with Crippen LogP contribution >= 0.6 is 23.5 Å². The van der Waals surface area contributed by atoms with Crippen LogP contribution in [0.15, 0.2) is 0 Å². The molecule has 23 fully saturated rings. The van der Waals surface area contributed by atoms with Gasteiger partial charge in [0.2, 0.25) is 0 Å². The molecule has 0 aromatic rings. The predicted molar refractivity (Wildman–Crippen MR) is 368 cm³/mol. The van der Waals surface area contributed by atoms with Crippen LogP contribution in [-0.2, 0) is 114 Å². The third kappa shape index (κ3) is 23.2. The lowest BCUT2D eigenvalue weighted by Crippen LogP contribution is -2.68. The molecule has 0 aliphatic carbocycles. The number of carboxylic acid groups (broad SMARTS) is 2. The first kappa shape index (κ1) is 95.7. The van der Waals surface area contributed by atoms with Gasteiger partial charge >= 0.3 is 17.9 Å². The maximum atomic E-state index is 11.8. The maximum Gasteiger partial charge on any atom is 0.335 e. The third-order valence-electron chi connectivity index (χ3n) is 20.5. The fourth-order valence-corrected chi connectivity index (χ4v) is 16.1. The van der Waals surface area contributed by atoms with Crippen molar-refractivity contribution in [2.75, 3.05) is 89.1 Å². The first-order chi connectivity index (χ1) is 55.2. The van der Waals surface area contributed by atoms with Crippen molar-refractivity contribution in [3.05, 3.63) is 0 Å². The van der Waals surface area contributed by atoms with Crippen LogP contribution in [0, 0.1) is 5.92 Å². The van der Waals surface area contributed by atoms with E-state index in [0.717, 1.165) is 28.6 Å². The zero-order valence-corrected chi connectivity index (χ0v) is 63.4. The first-order valence-electron chi connectivity index (χ1n) is 37.1. The average molecular weight is 1730 g/mol. The molecule has 0 spiro atoms. The van der Waals surface area contributed by atoms with Gasteiger partial charge in [0, 0.05) is 61.2 Å². The van der Waals surface area contributed by atoms with Crippen LogP contribution in [0.3, 0.4) is 0 Å². The average Bonchev–Trinajstić information content (AvgIpc) is 0.796. The van der Waals surface area contributed by atoms with Gasteiger partial charge in [-0.05, 0) is 12.8 Å². The summed E-state index contributed by atoms with van der Waals surface area (Å²) in [5.41, 5.74) is 11.4. The van der Waals surface area contributed by atoms with Crippen molar-refractivity contribution >= 4 is 65.1 Å². The van der Waals surface area contributed by atoms with E-state index in [-0.39, 0.29) is 86.8 Å². The van der Waals surface area contributed by atoms with Gasteiger partial charge in [-0.25, -0.2) is 4.79 Å². The molecular formula is C65H104N4O45S2. The molecule has 0 saturated carbocycles. The molecule has 23 aliphatic heterocycles. The van der Waals surface area contributed by atoms with Crippen molar-refractivity contribution in [2.24, 2.45) is 17.4 Å². The summed E-state index contributed by atoms with van der Waals surface area (Å²) in [5.74, 6) is -7.95. The van der Waals surface area contributed by atoms with Gasteiger partial charge in [0.1, 0.15) is 152 Å². The molecule has 14 unspecified atom stereocenters. The molecule has 0 radical (unpaired) electrons. The van der Waals surface area contributed by atoms with E-state index in [1.165, 1.54) is 0 Å². The largest absolute Gasteiger partial charge is 0.480 e. The van der Waals surface area contributed by atoms with E-state index in [9.17, 15) is 141 Å². The van der Waals surface area contributed by atoms with Gasteiger partial charge in [-0.15, -0.1) is 5.06 Å². The van der Waals surface area contributed by atoms with Crippen LogP contribution in [-0.4, -0.2) is 469 Å². The highest BCUT2D eigenvalue weighted by Crippen LogP contribution is 2.41. The number of nitrogens with two attached hydrogens (primary N) is 2. The van der Waals surface area contributed by atoms with Crippen molar-refractivity contribution in [3.8, 4) is 0 Å². The summed E-state index contributed by atoms with van der Waals surface area (Å²) in [6.45, 7) is -4.08. The van der Waals surface area contributed by atoms with E-state index in [1.54, 1.807) is 0 Å². The lowest BCUT2D eigenvalue weighted by molar-refractivity contribution is -0.395. The minimum absolute atomic E-state index is 0.0512. The molecule has 0 aromatic carbocycles. The quantitative estimate of drug-likeness (QED) is 0.0268. The minimum atomic E-state index is -2.25. The van der Waals surface area contributed by atoms with E-state index in [0.29, 0.717) is 24.7 Å². The molecule has 51 heteroatoms. The number of rotatable bonds is 27. The Labute approximate surface area is 666 Å².